The fraction of sp³-hybridized carbons (Fsp3) is 0.556. The summed E-state index contributed by atoms with van der Waals surface area (Å²) in [5.41, 5.74) is 0. The third-order valence-corrected chi connectivity index (χ3v) is 3.43. The van der Waals surface area contributed by atoms with Crippen LogP contribution in [0.15, 0.2) is 0 Å². The second-order valence-electron chi connectivity index (χ2n) is 4.09. The van der Waals surface area contributed by atoms with Crippen molar-refractivity contribution < 1.29 is 23.9 Å². The first-order chi connectivity index (χ1) is 7.09. The van der Waals surface area contributed by atoms with Crippen LogP contribution in [0.25, 0.3) is 0 Å². The van der Waals surface area contributed by atoms with Crippen molar-refractivity contribution in [2.75, 3.05) is 0 Å². The Labute approximate surface area is 84.0 Å². The molecule has 4 atom stereocenters. The van der Waals surface area contributed by atoms with Crippen molar-refractivity contribution >= 4 is 23.8 Å². The zero-order chi connectivity index (χ0) is 10.7. The van der Waals surface area contributed by atoms with Gasteiger partial charge < -0.3 is 4.74 Å². The van der Waals surface area contributed by atoms with Gasteiger partial charge in [0, 0.05) is 0 Å². The lowest BCUT2D eigenvalue weighted by Crippen LogP contribution is -2.44. The van der Waals surface area contributed by atoms with Crippen LogP contribution >= 0.6 is 0 Å². The summed E-state index contributed by atoms with van der Waals surface area (Å²) < 4.78 is 4.45. The minimum absolute atomic E-state index is 0.293. The highest BCUT2D eigenvalue weighted by atomic mass is 16.6. The van der Waals surface area contributed by atoms with E-state index in [1.54, 1.807) is 0 Å². The van der Waals surface area contributed by atoms with E-state index in [1.807, 2.05) is 0 Å². The molecule has 4 unspecified atom stereocenters. The molecule has 2 heterocycles. The highest BCUT2D eigenvalue weighted by Gasteiger charge is 2.63. The molecule has 15 heavy (non-hydrogen) atoms. The molecule has 2 bridgehead atoms. The highest BCUT2D eigenvalue weighted by molar-refractivity contribution is 6.09. The smallest absolute Gasteiger partial charge is 0.318 e. The summed E-state index contributed by atoms with van der Waals surface area (Å²) in [6.45, 7) is 0. The highest BCUT2D eigenvalue weighted by Crippen LogP contribution is 2.48. The van der Waals surface area contributed by atoms with Crippen molar-refractivity contribution in [2.45, 2.75) is 6.42 Å². The molecular formula is C9H7NO5. The molecule has 1 aliphatic carbocycles. The van der Waals surface area contributed by atoms with E-state index in [2.05, 4.69) is 10.1 Å². The molecule has 2 amide bonds. The number of fused-ring (bicyclic) bond motifs is 5. The number of amides is 2. The zero-order valence-electron chi connectivity index (χ0n) is 7.56. The summed E-state index contributed by atoms with van der Waals surface area (Å²) in [5.74, 6) is -4.88. The van der Waals surface area contributed by atoms with Gasteiger partial charge in [0.05, 0.1) is 23.7 Å². The number of carbonyl (C=O) groups excluding carboxylic acids is 4. The number of hydrogen-bond donors (Lipinski definition) is 1. The normalized spacial score (nSPS) is 42.7. The maximum Gasteiger partial charge on any atom is 0.318 e. The molecule has 78 valence electrons. The molecular weight excluding hydrogens is 202 g/mol. The lowest BCUT2D eigenvalue weighted by molar-refractivity contribution is -0.158. The van der Waals surface area contributed by atoms with E-state index in [0.717, 1.165) is 0 Å². The zero-order valence-corrected chi connectivity index (χ0v) is 7.56. The van der Waals surface area contributed by atoms with E-state index in [9.17, 15) is 19.2 Å². The standard InChI is InChI=1S/C9H7NO5/c11-6-2-1-3(7(12)10-6)5-4(2)8(13)15-9(5)14/h2-5H,1H2,(H,10,11,12). The Kier molecular flexibility index (Phi) is 1.40. The summed E-state index contributed by atoms with van der Waals surface area (Å²) in [6, 6.07) is 0. The Balaban J connectivity index is 2.09. The van der Waals surface area contributed by atoms with Crippen molar-refractivity contribution in [1.82, 2.24) is 5.32 Å². The van der Waals surface area contributed by atoms with Crippen LogP contribution in [0.3, 0.4) is 0 Å². The molecule has 6 nitrogen and oxygen atoms in total. The molecule has 0 spiro atoms. The van der Waals surface area contributed by atoms with Crippen LogP contribution in [0.2, 0.25) is 0 Å². The van der Waals surface area contributed by atoms with Crippen molar-refractivity contribution in [3.8, 4) is 0 Å². The first-order valence-corrected chi connectivity index (χ1v) is 4.70. The van der Waals surface area contributed by atoms with Crippen molar-refractivity contribution in [2.24, 2.45) is 23.7 Å². The number of rotatable bonds is 0. The second-order valence-corrected chi connectivity index (χ2v) is 4.09. The van der Waals surface area contributed by atoms with Crippen LogP contribution in [-0.4, -0.2) is 23.8 Å². The third kappa shape index (κ3) is 0.886. The summed E-state index contributed by atoms with van der Waals surface area (Å²) in [5, 5.41) is 2.17. The van der Waals surface area contributed by atoms with E-state index >= 15 is 0 Å². The number of carbonyl (C=O) groups is 4. The molecule has 3 aliphatic rings. The summed E-state index contributed by atoms with van der Waals surface area (Å²) in [6.07, 6.45) is 0.293. The predicted molar refractivity (Wildman–Crippen MR) is 42.8 cm³/mol. The van der Waals surface area contributed by atoms with Gasteiger partial charge in [0.1, 0.15) is 0 Å². The first kappa shape index (κ1) is 8.58. The summed E-state index contributed by atoms with van der Waals surface area (Å²) in [7, 11) is 0. The van der Waals surface area contributed by atoms with Crippen LogP contribution in [0, 0.1) is 23.7 Å². The molecule has 3 fully saturated rings. The van der Waals surface area contributed by atoms with Gasteiger partial charge in [-0.05, 0) is 6.42 Å². The average Bonchev–Trinajstić information content (AvgIpc) is 2.63. The molecule has 1 saturated carbocycles. The van der Waals surface area contributed by atoms with Gasteiger partial charge in [-0.3, -0.25) is 24.5 Å². The SMILES string of the molecule is O=C1NC(=O)C2CC1C1C(=O)OC(=O)C21. The number of cyclic esters (lactones) is 2. The second kappa shape index (κ2) is 2.44. The maximum absolute atomic E-state index is 11.4. The van der Waals surface area contributed by atoms with Crippen molar-refractivity contribution in [3.05, 3.63) is 0 Å². The van der Waals surface area contributed by atoms with E-state index in [4.69, 9.17) is 0 Å². The molecule has 6 heteroatoms. The predicted octanol–water partition coefficient (Wildman–Crippen LogP) is -1.41. The van der Waals surface area contributed by atoms with Crippen LogP contribution in [0.1, 0.15) is 6.42 Å². The van der Waals surface area contributed by atoms with E-state index < -0.39 is 47.4 Å². The number of imide groups is 1. The largest absolute Gasteiger partial charge is 0.393 e. The van der Waals surface area contributed by atoms with Crippen LogP contribution in [-0.2, 0) is 23.9 Å². The molecule has 2 aliphatic heterocycles. The Hall–Kier alpha value is -1.72. The molecule has 0 radical (unpaired) electrons. The fourth-order valence-electron chi connectivity index (χ4n) is 2.77. The van der Waals surface area contributed by atoms with Crippen LogP contribution < -0.4 is 5.32 Å². The topological polar surface area (TPSA) is 89.5 Å². The van der Waals surface area contributed by atoms with Gasteiger partial charge >= 0.3 is 11.9 Å². The Bertz CT molecular complexity index is 375. The monoisotopic (exact) mass is 209 g/mol. The summed E-state index contributed by atoms with van der Waals surface area (Å²) >= 11 is 0. The average molecular weight is 209 g/mol. The van der Waals surface area contributed by atoms with Gasteiger partial charge in [-0.2, -0.15) is 0 Å². The minimum Gasteiger partial charge on any atom is -0.393 e. The van der Waals surface area contributed by atoms with Gasteiger partial charge in [0.2, 0.25) is 11.8 Å². The van der Waals surface area contributed by atoms with Crippen molar-refractivity contribution in [3.63, 3.8) is 0 Å². The number of nitrogens with one attached hydrogen (secondary N) is 1. The van der Waals surface area contributed by atoms with E-state index in [0.29, 0.717) is 6.42 Å². The number of hydrogen-bond acceptors (Lipinski definition) is 5. The minimum atomic E-state index is -0.742. The fourth-order valence-corrected chi connectivity index (χ4v) is 2.77. The lowest BCUT2D eigenvalue weighted by atomic mass is 9.90. The molecule has 3 rings (SSSR count). The van der Waals surface area contributed by atoms with E-state index in [1.165, 1.54) is 0 Å². The molecule has 0 aromatic rings. The van der Waals surface area contributed by atoms with Crippen LogP contribution in [0.5, 0.6) is 0 Å². The van der Waals surface area contributed by atoms with Crippen LogP contribution in [0.4, 0.5) is 0 Å². The van der Waals surface area contributed by atoms with Crippen molar-refractivity contribution in [1.29, 1.82) is 0 Å². The Morgan fingerprint density at radius 2 is 1.40 bits per heavy atom. The maximum atomic E-state index is 11.4. The molecule has 0 aromatic heterocycles. The first-order valence-electron chi connectivity index (χ1n) is 4.70. The van der Waals surface area contributed by atoms with E-state index in [-0.39, 0.29) is 0 Å². The van der Waals surface area contributed by atoms with Gasteiger partial charge in [0.15, 0.2) is 0 Å². The third-order valence-electron chi connectivity index (χ3n) is 3.43. The Morgan fingerprint density at radius 1 is 0.933 bits per heavy atom. The quantitative estimate of drug-likeness (QED) is 0.301. The van der Waals surface area contributed by atoms with Gasteiger partial charge in [-0.15, -0.1) is 0 Å². The molecule has 1 N–H and O–H groups in total. The van der Waals surface area contributed by atoms with Gasteiger partial charge in [0.25, 0.3) is 0 Å². The number of ether oxygens (including phenoxy) is 1. The number of esters is 2. The Morgan fingerprint density at radius 3 is 1.87 bits per heavy atom. The summed E-state index contributed by atoms with van der Waals surface area (Å²) in [4.78, 5) is 45.5. The van der Waals surface area contributed by atoms with Gasteiger partial charge in [-0.1, -0.05) is 0 Å². The number of piperidine rings is 1. The molecule has 2 saturated heterocycles. The van der Waals surface area contributed by atoms with Gasteiger partial charge in [-0.25, -0.2) is 0 Å². The molecule has 0 aromatic carbocycles. The lowest BCUT2D eigenvalue weighted by Gasteiger charge is -2.19.